The molecule has 0 aromatic carbocycles. The second-order valence-corrected chi connectivity index (χ2v) is 4.94. The van der Waals surface area contributed by atoms with Gasteiger partial charge in [0.15, 0.2) is 5.69 Å². The molecule has 1 saturated heterocycles. The first-order chi connectivity index (χ1) is 9.58. The van der Waals surface area contributed by atoms with Gasteiger partial charge in [-0.2, -0.15) is 0 Å². The van der Waals surface area contributed by atoms with Crippen LogP contribution in [0.1, 0.15) is 49.8 Å². The quantitative estimate of drug-likeness (QED) is 0.867. The van der Waals surface area contributed by atoms with Crippen molar-refractivity contribution in [3.8, 4) is 0 Å². The number of carbonyl (C=O) groups excluding carboxylic acids is 1. The topological polar surface area (TPSA) is 77.2 Å². The molecule has 0 aliphatic carbocycles. The molecule has 0 radical (unpaired) electrons. The third-order valence-electron chi connectivity index (χ3n) is 3.03. The van der Waals surface area contributed by atoms with E-state index in [2.05, 4.69) is 10.3 Å². The van der Waals surface area contributed by atoms with E-state index in [0.717, 1.165) is 25.5 Å². The number of anilines is 1. The fraction of sp³-hybridized carbons (Fsp3) is 0.600. The standard InChI is InChI=1S/C13H19N3O2.C2H6/c1-8(2)10-3-4-11(12(16-10)13(14)17)15-5-9-6-18-7-9;1-2/h3-4,8-9,15H,5-7H2,1-2H3,(H2,14,17);1-2H3. The van der Waals surface area contributed by atoms with E-state index in [1.807, 2.05) is 39.8 Å². The number of hydrogen-bond acceptors (Lipinski definition) is 4. The van der Waals surface area contributed by atoms with E-state index in [-0.39, 0.29) is 5.92 Å². The van der Waals surface area contributed by atoms with Crippen molar-refractivity contribution in [2.24, 2.45) is 11.7 Å². The lowest BCUT2D eigenvalue weighted by molar-refractivity contribution is -0.0248. The number of carbonyl (C=O) groups is 1. The molecule has 1 aromatic rings. The van der Waals surface area contributed by atoms with Gasteiger partial charge in [0, 0.05) is 18.2 Å². The number of amides is 1. The zero-order valence-corrected chi connectivity index (χ0v) is 12.8. The molecule has 0 saturated carbocycles. The maximum atomic E-state index is 11.4. The maximum absolute atomic E-state index is 11.4. The van der Waals surface area contributed by atoms with Gasteiger partial charge in [-0.05, 0) is 18.1 Å². The van der Waals surface area contributed by atoms with Crippen LogP contribution in [-0.4, -0.2) is 30.6 Å². The lowest BCUT2D eigenvalue weighted by Gasteiger charge is -2.26. The molecule has 1 amide bonds. The highest BCUT2D eigenvalue weighted by Crippen LogP contribution is 2.20. The van der Waals surface area contributed by atoms with Crippen LogP contribution in [0.5, 0.6) is 0 Å². The van der Waals surface area contributed by atoms with Gasteiger partial charge < -0.3 is 15.8 Å². The van der Waals surface area contributed by atoms with Gasteiger partial charge in [-0.15, -0.1) is 0 Å². The largest absolute Gasteiger partial charge is 0.383 e. The highest BCUT2D eigenvalue weighted by Gasteiger charge is 2.19. The second kappa shape index (κ2) is 7.85. The summed E-state index contributed by atoms with van der Waals surface area (Å²) in [5, 5.41) is 3.22. The predicted molar refractivity (Wildman–Crippen MR) is 81.0 cm³/mol. The Morgan fingerprint density at radius 1 is 1.45 bits per heavy atom. The SMILES string of the molecule is CC.CC(C)c1ccc(NCC2COC2)c(C(N)=O)n1. The molecule has 5 heteroatoms. The maximum Gasteiger partial charge on any atom is 0.269 e. The molecule has 1 aliphatic rings. The number of aromatic nitrogens is 1. The zero-order valence-electron chi connectivity index (χ0n) is 12.8. The van der Waals surface area contributed by atoms with Crippen LogP contribution in [0.4, 0.5) is 5.69 Å². The monoisotopic (exact) mass is 279 g/mol. The van der Waals surface area contributed by atoms with E-state index in [1.165, 1.54) is 0 Å². The van der Waals surface area contributed by atoms with Gasteiger partial charge in [0.25, 0.3) is 5.91 Å². The number of nitrogens with zero attached hydrogens (tertiary/aromatic N) is 1. The van der Waals surface area contributed by atoms with Gasteiger partial charge >= 0.3 is 0 Å². The van der Waals surface area contributed by atoms with Gasteiger partial charge in [0.2, 0.25) is 0 Å². The summed E-state index contributed by atoms with van der Waals surface area (Å²) in [6.07, 6.45) is 0. The van der Waals surface area contributed by atoms with Gasteiger partial charge in [0.1, 0.15) is 0 Å². The van der Waals surface area contributed by atoms with Crippen molar-refractivity contribution in [3.63, 3.8) is 0 Å². The Balaban J connectivity index is 0.000000956. The third kappa shape index (κ3) is 4.20. The molecule has 112 valence electrons. The van der Waals surface area contributed by atoms with Gasteiger partial charge in [-0.25, -0.2) is 4.98 Å². The minimum absolute atomic E-state index is 0.275. The number of hydrogen-bond donors (Lipinski definition) is 2. The first kappa shape index (κ1) is 16.4. The highest BCUT2D eigenvalue weighted by atomic mass is 16.5. The van der Waals surface area contributed by atoms with E-state index >= 15 is 0 Å². The van der Waals surface area contributed by atoms with Crippen molar-refractivity contribution >= 4 is 11.6 Å². The van der Waals surface area contributed by atoms with Crippen LogP contribution in [0.2, 0.25) is 0 Å². The van der Waals surface area contributed by atoms with Crippen molar-refractivity contribution in [2.75, 3.05) is 25.1 Å². The molecule has 0 spiro atoms. The second-order valence-electron chi connectivity index (χ2n) is 4.94. The van der Waals surface area contributed by atoms with Gasteiger partial charge in [0.05, 0.1) is 18.9 Å². The number of primary amides is 1. The number of nitrogens with one attached hydrogen (secondary N) is 1. The molecule has 0 bridgehead atoms. The van der Waals surface area contributed by atoms with E-state index in [0.29, 0.717) is 17.3 Å². The molecule has 2 rings (SSSR count). The third-order valence-corrected chi connectivity index (χ3v) is 3.03. The van der Waals surface area contributed by atoms with Crippen LogP contribution in [0, 0.1) is 5.92 Å². The molecular formula is C15H25N3O2. The Bertz CT molecular complexity index is 443. The van der Waals surface area contributed by atoms with Crippen molar-refractivity contribution in [3.05, 3.63) is 23.5 Å². The van der Waals surface area contributed by atoms with E-state index < -0.39 is 5.91 Å². The van der Waals surface area contributed by atoms with Crippen molar-refractivity contribution in [1.82, 2.24) is 4.98 Å². The average Bonchev–Trinajstić information content (AvgIpc) is 2.39. The fourth-order valence-electron chi connectivity index (χ4n) is 1.78. The number of rotatable bonds is 5. The molecule has 0 atom stereocenters. The molecule has 20 heavy (non-hydrogen) atoms. The Hall–Kier alpha value is -1.62. The minimum Gasteiger partial charge on any atom is -0.383 e. The molecular weight excluding hydrogens is 254 g/mol. The van der Waals surface area contributed by atoms with Gasteiger partial charge in [-0.1, -0.05) is 27.7 Å². The van der Waals surface area contributed by atoms with Gasteiger partial charge in [-0.3, -0.25) is 4.79 Å². The molecule has 1 aromatic heterocycles. The van der Waals surface area contributed by atoms with Crippen LogP contribution in [-0.2, 0) is 4.74 Å². The van der Waals surface area contributed by atoms with Crippen LogP contribution in [0.25, 0.3) is 0 Å². The molecule has 0 unspecified atom stereocenters. The summed E-state index contributed by atoms with van der Waals surface area (Å²) in [6.45, 7) is 10.4. The van der Waals surface area contributed by atoms with E-state index in [4.69, 9.17) is 10.5 Å². The number of ether oxygens (including phenoxy) is 1. The van der Waals surface area contributed by atoms with Crippen LogP contribution < -0.4 is 11.1 Å². The van der Waals surface area contributed by atoms with Crippen LogP contribution in [0.15, 0.2) is 12.1 Å². The molecule has 5 nitrogen and oxygen atoms in total. The Morgan fingerprint density at radius 2 is 2.10 bits per heavy atom. The summed E-state index contributed by atoms with van der Waals surface area (Å²) in [5.74, 6) is 0.289. The summed E-state index contributed by atoms with van der Waals surface area (Å²) >= 11 is 0. The summed E-state index contributed by atoms with van der Waals surface area (Å²) in [6, 6.07) is 3.80. The predicted octanol–water partition coefficient (Wildman–Crippen LogP) is 2.39. The zero-order chi connectivity index (χ0) is 15.1. The van der Waals surface area contributed by atoms with Crippen molar-refractivity contribution < 1.29 is 9.53 Å². The highest BCUT2D eigenvalue weighted by molar-refractivity contribution is 5.96. The summed E-state index contributed by atoms with van der Waals surface area (Å²) in [7, 11) is 0. The normalized spacial score (nSPS) is 14.2. The first-order valence-electron chi connectivity index (χ1n) is 7.20. The molecule has 3 N–H and O–H groups in total. The van der Waals surface area contributed by atoms with Crippen molar-refractivity contribution in [1.29, 1.82) is 0 Å². The van der Waals surface area contributed by atoms with E-state index in [9.17, 15) is 4.79 Å². The minimum atomic E-state index is -0.496. The molecule has 1 fully saturated rings. The van der Waals surface area contributed by atoms with Crippen LogP contribution >= 0.6 is 0 Å². The smallest absolute Gasteiger partial charge is 0.269 e. The van der Waals surface area contributed by atoms with E-state index in [1.54, 1.807) is 0 Å². The lowest BCUT2D eigenvalue weighted by Crippen LogP contribution is -2.34. The summed E-state index contributed by atoms with van der Waals surface area (Å²) < 4.78 is 5.10. The number of nitrogens with two attached hydrogens (primary N) is 1. The van der Waals surface area contributed by atoms with Crippen LogP contribution in [0.3, 0.4) is 0 Å². The Kier molecular flexibility index (Phi) is 6.45. The summed E-state index contributed by atoms with van der Waals surface area (Å²) in [5.41, 5.74) is 7.27. The fourth-order valence-corrected chi connectivity index (χ4v) is 1.78. The number of pyridine rings is 1. The van der Waals surface area contributed by atoms with Crippen molar-refractivity contribution in [2.45, 2.75) is 33.6 Å². The Labute approximate surface area is 120 Å². The molecule has 1 aliphatic heterocycles. The Morgan fingerprint density at radius 3 is 2.55 bits per heavy atom. The summed E-state index contributed by atoms with van der Waals surface area (Å²) in [4.78, 5) is 15.7. The lowest BCUT2D eigenvalue weighted by atomic mass is 10.1. The first-order valence-corrected chi connectivity index (χ1v) is 7.20. The average molecular weight is 279 g/mol. The molecule has 2 heterocycles.